The van der Waals surface area contributed by atoms with E-state index in [2.05, 4.69) is 15.0 Å². The predicted molar refractivity (Wildman–Crippen MR) is 92.0 cm³/mol. The highest BCUT2D eigenvalue weighted by molar-refractivity contribution is 5.81. The summed E-state index contributed by atoms with van der Waals surface area (Å²) in [6.45, 7) is 0.442. The standard InChI is InChI=1S/C17H19N5O4/c18-16-15-17(20-8-19-16)22(9-21-15)14-5-12(24)13(26-14)7-25-6-10-3-1-2-4-11(10)23/h1-4,8-9,12-14,23-24H,5-7H2,(H2,18,19,20)/t12-,13+,14+/m0/s1. The third-order valence-corrected chi connectivity index (χ3v) is 4.43. The molecule has 3 atom stereocenters. The van der Waals surface area contributed by atoms with Crippen molar-refractivity contribution < 1.29 is 19.7 Å². The third-order valence-electron chi connectivity index (χ3n) is 4.43. The van der Waals surface area contributed by atoms with Crippen LogP contribution in [0, 0.1) is 0 Å². The first-order valence-electron chi connectivity index (χ1n) is 8.24. The number of hydrogen-bond acceptors (Lipinski definition) is 8. The lowest BCUT2D eigenvalue weighted by atomic mass is 10.2. The molecule has 1 aliphatic heterocycles. The molecule has 9 heteroatoms. The van der Waals surface area contributed by atoms with Crippen molar-refractivity contribution in [3.63, 3.8) is 0 Å². The van der Waals surface area contributed by atoms with Crippen LogP contribution in [0.15, 0.2) is 36.9 Å². The van der Waals surface area contributed by atoms with Gasteiger partial charge in [-0.05, 0) is 6.07 Å². The summed E-state index contributed by atoms with van der Waals surface area (Å²) in [5.41, 5.74) is 7.55. The second kappa shape index (κ2) is 6.87. The number of hydrogen-bond donors (Lipinski definition) is 3. The minimum absolute atomic E-state index is 0.181. The fourth-order valence-electron chi connectivity index (χ4n) is 3.03. The van der Waals surface area contributed by atoms with Gasteiger partial charge in [-0.1, -0.05) is 18.2 Å². The molecule has 1 saturated heterocycles. The van der Waals surface area contributed by atoms with E-state index >= 15 is 0 Å². The first-order chi connectivity index (χ1) is 12.6. The van der Waals surface area contributed by atoms with Crippen molar-refractivity contribution in [1.29, 1.82) is 0 Å². The second-order valence-electron chi connectivity index (χ2n) is 6.16. The van der Waals surface area contributed by atoms with Gasteiger partial charge >= 0.3 is 0 Å². The minimum Gasteiger partial charge on any atom is -0.508 e. The van der Waals surface area contributed by atoms with Crippen LogP contribution in [-0.2, 0) is 16.1 Å². The van der Waals surface area contributed by atoms with E-state index in [0.717, 1.165) is 0 Å². The van der Waals surface area contributed by atoms with Crippen LogP contribution >= 0.6 is 0 Å². The van der Waals surface area contributed by atoms with E-state index in [1.807, 2.05) is 6.07 Å². The molecular weight excluding hydrogens is 338 g/mol. The first-order valence-corrected chi connectivity index (χ1v) is 8.24. The fraction of sp³-hybridized carbons (Fsp3) is 0.353. The third kappa shape index (κ3) is 3.07. The molecule has 0 aliphatic carbocycles. The molecule has 2 aromatic heterocycles. The van der Waals surface area contributed by atoms with Gasteiger partial charge in [0.2, 0.25) is 0 Å². The molecule has 0 bridgehead atoms. The van der Waals surface area contributed by atoms with Gasteiger partial charge in [0.05, 0.1) is 25.6 Å². The smallest absolute Gasteiger partial charge is 0.167 e. The number of aromatic nitrogens is 4. The molecule has 0 saturated carbocycles. The average molecular weight is 357 g/mol. The van der Waals surface area contributed by atoms with Gasteiger partial charge in [0.15, 0.2) is 11.5 Å². The van der Waals surface area contributed by atoms with Crippen molar-refractivity contribution in [3.8, 4) is 5.75 Å². The Morgan fingerprint density at radius 3 is 2.96 bits per heavy atom. The number of fused-ring (bicyclic) bond motifs is 1. The molecule has 1 aromatic carbocycles. The van der Waals surface area contributed by atoms with E-state index in [1.54, 1.807) is 29.1 Å². The summed E-state index contributed by atoms with van der Waals surface area (Å²) < 4.78 is 13.3. The fourth-order valence-corrected chi connectivity index (χ4v) is 3.03. The largest absolute Gasteiger partial charge is 0.508 e. The summed E-state index contributed by atoms with van der Waals surface area (Å²) in [7, 11) is 0. The number of rotatable bonds is 5. The van der Waals surface area contributed by atoms with Gasteiger partial charge < -0.3 is 25.4 Å². The SMILES string of the molecule is Nc1ncnc2c1ncn2[C@H]1C[C@H](O)[C@@H](COCc2ccccc2O)O1. The number of nitrogen functional groups attached to an aromatic ring is 1. The lowest BCUT2D eigenvalue weighted by Gasteiger charge is -2.16. The Morgan fingerprint density at radius 1 is 1.27 bits per heavy atom. The minimum atomic E-state index is -0.680. The molecule has 0 spiro atoms. The lowest BCUT2D eigenvalue weighted by Crippen LogP contribution is -2.26. The van der Waals surface area contributed by atoms with Crippen LogP contribution in [0.1, 0.15) is 18.2 Å². The maximum atomic E-state index is 10.3. The van der Waals surface area contributed by atoms with E-state index < -0.39 is 18.4 Å². The van der Waals surface area contributed by atoms with Crippen molar-refractivity contribution in [1.82, 2.24) is 19.5 Å². The highest BCUT2D eigenvalue weighted by atomic mass is 16.6. The molecule has 1 aliphatic rings. The van der Waals surface area contributed by atoms with E-state index in [-0.39, 0.29) is 19.0 Å². The zero-order chi connectivity index (χ0) is 18.1. The molecule has 0 unspecified atom stereocenters. The number of phenolic OH excluding ortho intramolecular Hbond substituents is 1. The van der Waals surface area contributed by atoms with Gasteiger partial charge in [0, 0.05) is 12.0 Å². The van der Waals surface area contributed by atoms with Gasteiger partial charge in [-0.25, -0.2) is 15.0 Å². The summed E-state index contributed by atoms with van der Waals surface area (Å²) in [6, 6.07) is 6.96. The van der Waals surface area contributed by atoms with E-state index in [9.17, 15) is 10.2 Å². The number of anilines is 1. The van der Waals surface area contributed by atoms with E-state index in [0.29, 0.717) is 29.0 Å². The van der Waals surface area contributed by atoms with Crippen molar-refractivity contribution in [3.05, 3.63) is 42.5 Å². The van der Waals surface area contributed by atoms with Crippen LogP contribution in [0.4, 0.5) is 5.82 Å². The van der Waals surface area contributed by atoms with Crippen LogP contribution in [0.2, 0.25) is 0 Å². The Balaban J connectivity index is 1.41. The zero-order valence-corrected chi connectivity index (χ0v) is 13.9. The molecule has 26 heavy (non-hydrogen) atoms. The highest BCUT2D eigenvalue weighted by Crippen LogP contribution is 2.31. The molecule has 136 valence electrons. The Hall–Kier alpha value is -2.75. The number of aliphatic hydroxyl groups is 1. The van der Waals surface area contributed by atoms with E-state index in [1.165, 1.54) is 6.33 Å². The summed E-state index contributed by atoms with van der Waals surface area (Å²) >= 11 is 0. The molecule has 3 heterocycles. The van der Waals surface area contributed by atoms with Crippen LogP contribution in [0.25, 0.3) is 11.2 Å². The van der Waals surface area contributed by atoms with Crippen molar-refractivity contribution >= 4 is 17.0 Å². The maximum Gasteiger partial charge on any atom is 0.167 e. The number of aliphatic hydroxyl groups excluding tert-OH is 1. The van der Waals surface area contributed by atoms with Gasteiger partial charge in [-0.3, -0.25) is 4.57 Å². The normalized spacial score (nSPS) is 22.9. The molecule has 4 rings (SSSR count). The molecule has 1 fully saturated rings. The second-order valence-corrected chi connectivity index (χ2v) is 6.16. The molecule has 4 N–H and O–H groups in total. The Kier molecular flexibility index (Phi) is 4.41. The quantitative estimate of drug-likeness (QED) is 0.616. The van der Waals surface area contributed by atoms with Crippen molar-refractivity contribution in [2.24, 2.45) is 0 Å². The van der Waals surface area contributed by atoms with Gasteiger partial charge in [-0.2, -0.15) is 0 Å². The van der Waals surface area contributed by atoms with Crippen molar-refractivity contribution in [2.75, 3.05) is 12.3 Å². The Morgan fingerprint density at radius 2 is 2.12 bits per heavy atom. The Bertz CT molecular complexity index is 915. The molecular formula is C17H19N5O4. The number of para-hydroxylation sites is 1. The molecule has 0 radical (unpaired) electrons. The molecule has 0 amide bonds. The van der Waals surface area contributed by atoms with Gasteiger partial charge in [0.25, 0.3) is 0 Å². The number of ether oxygens (including phenoxy) is 2. The topological polar surface area (TPSA) is 129 Å². The summed E-state index contributed by atoms with van der Waals surface area (Å²) in [4.78, 5) is 12.3. The zero-order valence-electron chi connectivity index (χ0n) is 13.9. The average Bonchev–Trinajstić information content (AvgIpc) is 3.21. The van der Waals surface area contributed by atoms with Crippen LogP contribution in [0.3, 0.4) is 0 Å². The lowest BCUT2D eigenvalue weighted by molar-refractivity contribution is -0.0648. The van der Waals surface area contributed by atoms with E-state index in [4.69, 9.17) is 15.2 Å². The summed E-state index contributed by atoms with van der Waals surface area (Å²) in [6.07, 6.45) is 1.76. The maximum absolute atomic E-state index is 10.3. The first kappa shape index (κ1) is 16.7. The predicted octanol–water partition coefficient (Wildman–Crippen LogP) is 0.979. The number of benzene rings is 1. The van der Waals surface area contributed by atoms with Crippen LogP contribution in [-0.4, -0.2) is 48.5 Å². The summed E-state index contributed by atoms with van der Waals surface area (Å²) in [5.74, 6) is 0.482. The number of aromatic hydroxyl groups is 1. The number of imidazole rings is 1. The number of phenols is 1. The van der Waals surface area contributed by atoms with Gasteiger partial charge in [0.1, 0.15) is 29.9 Å². The van der Waals surface area contributed by atoms with Crippen molar-refractivity contribution in [2.45, 2.75) is 31.5 Å². The molecule has 3 aromatic rings. The summed E-state index contributed by atoms with van der Waals surface area (Å²) in [5, 5.41) is 20.0. The number of nitrogens with two attached hydrogens (primary N) is 1. The number of nitrogens with zero attached hydrogens (tertiary/aromatic N) is 4. The van der Waals surface area contributed by atoms with Gasteiger partial charge in [-0.15, -0.1) is 0 Å². The highest BCUT2D eigenvalue weighted by Gasteiger charge is 2.36. The molecule has 9 nitrogen and oxygen atoms in total. The Labute approximate surface area is 149 Å². The van der Waals surface area contributed by atoms with Crippen LogP contribution < -0.4 is 5.73 Å². The van der Waals surface area contributed by atoms with Crippen LogP contribution in [0.5, 0.6) is 5.75 Å². The monoisotopic (exact) mass is 357 g/mol.